The predicted octanol–water partition coefficient (Wildman–Crippen LogP) is 1.12. The van der Waals surface area contributed by atoms with E-state index >= 15 is 0 Å². The van der Waals surface area contributed by atoms with Gasteiger partial charge >= 0.3 is 0 Å². The number of hydrogen-bond donors (Lipinski definition) is 3. The first-order valence-corrected chi connectivity index (χ1v) is 7.63. The van der Waals surface area contributed by atoms with Crippen LogP contribution in [0.2, 0.25) is 0 Å². The molecule has 126 valence electrons. The van der Waals surface area contributed by atoms with Gasteiger partial charge in [-0.05, 0) is 25.1 Å². The van der Waals surface area contributed by atoms with Crippen molar-refractivity contribution < 1.29 is 9.21 Å². The number of nitrogens with zero attached hydrogens (tertiary/aromatic N) is 2. The summed E-state index contributed by atoms with van der Waals surface area (Å²) in [7, 11) is 0. The highest BCUT2D eigenvalue weighted by Crippen LogP contribution is 2.17. The molecule has 0 aliphatic carbocycles. The van der Waals surface area contributed by atoms with E-state index in [1.165, 1.54) is 0 Å². The lowest BCUT2D eigenvalue weighted by Gasteiger charge is -2.26. The van der Waals surface area contributed by atoms with E-state index < -0.39 is 0 Å². The third-order valence-electron chi connectivity index (χ3n) is 3.74. The molecule has 3 rings (SSSR count). The number of furan rings is 1. The van der Waals surface area contributed by atoms with Crippen molar-refractivity contribution in [3.05, 3.63) is 30.2 Å². The van der Waals surface area contributed by atoms with Crippen LogP contribution < -0.4 is 10.6 Å². The number of halogens is 1. The van der Waals surface area contributed by atoms with Gasteiger partial charge in [-0.25, -0.2) is 0 Å². The maximum Gasteiger partial charge on any atom is 0.271 e. The maximum atomic E-state index is 12.0. The molecule has 1 fully saturated rings. The van der Waals surface area contributed by atoms with Crippen molar-refractivity contribution in [1.29, 1.82) is 0 Å². The Morgan fingerprint density at radius 2 is 2.22 bits per heavy atom. The molecular weight excluding hydrogens is 318 g/mol. The van der Waals surface area contributed by atoms with E-state index in [1.54, 1.807) is 18.4 Å². The molecule has 0 bridgehead atoms. The van der Waals surface area contributed by atoms with Gasteiger partial charge in [-0.3, -0.25) is 9.89 Å². The van der Waals surface area contributed by atoms with Crippen LogP contribution in [0, 0.1) is 0 Å². The summed E-state index contributed by atoms with van der Waals surface area (Å²) >= 11 is 0. The number of amides is 1. The Bertz CT molecular complexity index is 593. The summed E-state index contributed by atoms with van der Waals surface area (Å²) < 4.78 is 5.26. The van der Waals surface area contributed by atoms with Crippen molar-refractivity contribution in [3.63, 3.8) is 0 Å². The fourth-order valence-electron chi connectivity index (χ4n) is 2.53. The number of H-pyrrole nitrogens is 1. The van der Waals surface area contributed by atoms with Crippen molar-refractivity contribution in [2.45, 2.75) is 6.42 Å². The van der Waals surface area contributed by atoms with Gasteiger partial charge in [0.05, 0.1) is 6.26 Å². The minimum Gasteiger partial charge on any atom is -0.463 e. The molecule has 3 N–H and O–H groups in total. The van der Waals surface area contributed by atoms with Gasteiger partial charge in [-0.2, -0.15) is 5.10 Å². The number of rotatable bonds is 6. The number of hydrogen-bond acceptors (Lipinski definition) is 5. The second-order valence-electron chi connectivity index (χ2n) is 5.35. The third kappa shape index (κ3) is 4.82. The summed E-state index contributed by atoms with van der Waals surface area (Å²) in [6.45, 7) is 5.94. The molecule has 2 aromatic heterocycles. The molecule has 3 heterocycles. The lowest BCUT2D eigenvalue weighted by molar-refractivity contribution is 0.0946. The molecule has 1 amide bonds. The molecule has 7 nitrogen and oxygen atoms in total. The van der Waals surface area contributed by atoms with E-state index in [1.807, 2.05) is 6.07 Å². The Hall–Kier alpha value is -1.83. The Morgan fingerprint density at radius 1 is 1.39 bits per heavy atom. The van der Waals surface area contributed by atoms with Crippen LogP contribution in [0.1, 0.15) is 16.9 Å². The van der Waals surface area contributed by atoms with Gasteiger partial charge in [0.25, 0.3) is 5.91 Å². The second-order valence-corrected chi connectivity index (χ2v) is 5.35. The molecule has 0 unspecified atom stereocenters. The summed E-state index contributed by atoms with van der Waals surface area (Å²) in [5, 5.41) is 13.1. The number of piperazine rings is 1. The van der Waals surface area contributed by atoms with Crippen LogP contribution in [0.25, 0.3) is 11.5 Å². The highest BCUT2D eigenvalue weighted by atomic mass is 35.5. The number of aromatic nitrogens is 2. The molecule has 0 atom stereocenters. The fourth-order valence-corrected chi connectivity index (χ4v) is 2.53. The van der Waals surface area contributed by atoms with Gasteiger partial charge < -0.3 is 20.0 Å². The monoisotopic (exact) mass is 339 g/mol. The average molecular weight is 340 g/mol. The molecule has 2 aromatic rings. The van der Waals surface area contributed by atoms with Crippen molar-refractivity contribution in [2.75, 3.05) is 39.3 Å². The largest absolute Gasteiger partial charge is 0.463 e. The highest BCUT2D eigenvalue weighted by Gasteiger charge is 2.13. The van der Waals surface area contributed by atoms with Crippen LogP contribution in [0.3, 0.4) is 0 Å². The maximum absolute atomic E-state index is 12.0. The average Bonchev–Trinajstić information content (AvgIpc) is 3.22. The normalized spacial score (nSPS) is 15.1. The zero-order chi connectivity index (χ0) is 15.2. The van der Waals surface area contributed by atoms with E-state index in [4.69, 9.17) is 4.42 Å². The smallest absolute Gasteiger partial charge is 0.271 e. The van der Waals surface area contributed by atoms with Gasteiger partial charge in [-0.1, -0.05) is 0 Å². The Kier molecular flexibility index (Phi) is 6.64. The van der Waals surface area contributed by atoms with Crippen molar-refractivity contribution in [1.82, 2.24) is 25.7 Å². The molecule has 0 aromatic carbocycles. The number of carbonyl (C=O) groups is 1. The lowest BCUT2D eigenvalue weighted by atomic mass is 10.3. The summed E-state index contributed by atoms with van der Waals surface area (Å²) in [6, 6.07) is 5.32. The van der Waals surface area contributed by atoms with Crippen molar-refractivity contribution in [2.24, 2.45) is 0 Å². The SMILES string of the molecule is Cl.O=C(NCCCN1CCNCC1)c1cc(-c2ccco2)[nH]n1. The first-order chi connectivity index (χ1) is 10.8. The minimum absolute atomic E-state index is 0. The van der Waals surface area contributed by atoms with Gasteiger partial charge in [0.15, 0.2) is 11.5 Å². The Labute approximate surface area is 141 Å². The zero-order valence-electron chi connectivity index (χ0n) is 12.9. The van der Waals surface area contributed by atoms with Crippen molar-refractivity contribution >= 4 is 18.3 Å². The van der Waals surface area contributed by atoms with Crippen LogP contribution in [-0.2, 0) is 0 Å². The quantitative estimate of drug-likeness (QED) is 0.687. The molecule has 1 aliphatic heterocycles. The van der Waals surface area contributed by atoms with Gasteiger partial charge in [0, 0.05) is 38.8 Å². The lowest BCUT2D eigenvalue weighted by Crippen LogP contribution is -2.44. The second kappa shape index (κ2) is 8.71. The van der Waals surface area contributed by atoms with E-state index in [0.717, 1.165) is 39.1 Å². The van der Waals surface area contributed by atoms with Crippen LogP contribution in [0.5, 0.6) is 0 Å². The predicted molar refractivity (Wildman–Crippen MR) is 89.8 cm³/mol. The van der Waals surface area contributed by atoms with E-state index in [2.05, 4.69) is 25.7 Å². The first-order valence-electron chi connectivity index (χ1n) is 7.63. The standard InChI is InChI=1S/C15H21N5O2.ClH/c21-15(17-4-2-7-20-8-5-16-6-9-20)13-11-12(18-19-13)14-3-1-10-22-14;/h1,3,10-11,16H,2,4-9H2,(H,17,21)(H,18,19);1H. The molecule has 1 saturated heterocycles. The summed E-state index contributed by atoms with van der Waals surface area (Å²) in [5.41, 5.74) is 1.09. The zero-order valence-corrected chi connectivity index (χ0v) is 13.7. The van der Waals surface area contributed by atoms with Crippen LogP contribution in [0.15, 0.2) is 28.9 Å². The summed E-state index contributed by atoms with van der Waals surface area (Å²) in [4.78, 5) is 14.4. The Morgan fingerprint density at radius 3 is 2.96 bits per heavy atom. The van der Waals surface area contributed by atoms with Gasteiger partial charge in [0.1, 0.15) is 5.69 Å². The number of aromatic amines is 1. The first kappa shape index (κ1) is 17.5. The summed E-state index contributed by atoms with van der Waals surface area (Å²) in [6.07, 6.45) is 2.53. The van der Waals surface area contributed by atoms with Gasteiger partial charge in [-0.15, -0.1) is 12.4 Å². The molecule has 0 saturated carbocycles. The third-order valence-corrected chi connectivity index (χ3v) is 3.74. The molecule has 0 spiro atoms. The molecule has 8 heteroatoms. The van der Waals surface area contributed by atoms with Crippen molar-refractivity contribution in [3.8, 4) is 11.5 Å². The number of carbonyl (C=O) groups excluding carboxylic acids is 1. The highest BCUT2D eigenvalue weighted by molar-refractivity contribution is 5.93. The van der Waals surface area contributed by atoms with E-state index in [9.17, 15) is 4.79 Å². The molecule has 23 heavy (non-hydrogen) atoms. The fraction of sp³-hybridized carbons (Fsp3) is 0.467. The topological polar surface area (TPSA) is 86.2 Å². The number of nitrogens with one attached hydrogen (secondary N) is 3. The van der Waals surface area contributed by atoms with Gasteiger partial charge in [0.2, 0.25) is 0 Å². The molecule has 1 aliphatic rings. The van der Waals surface area contributed by atoms with Crippen LogP contribution >= 0.6 is 12.4 Å². The summed E-state index contributed by atoms with van der Waals surface area (Å²) in [5.74, 6) is 0.514. The molecule has 0 radical (unpaired) electrons. The Balaban J connectivity index is 0.00000192. The van der Waals surface area contributed by atoms with Crippen LogP contribution in [-0.4, -0.2) is 60.3 Å². The van der Waals surface area contributed by atoms with E-state index in [-0.39, 0.29) is 18.3 Å². The minimum atomic E-state index is -0.158. The molecular formula is C15H22ClN5O2. The van der Waals surface area contributed by atoms with Crippen LogP contribution in [0.4, 0.5) is 0 Å². The van der Waals surface area contributed by atoms with E-state index in [0.29, 0.717) is 23.7 Å².